The van der Waals surface area contributed by atoms with E-state index in [-0.39, 0.29) is 24.4 Å². The molecule has 1 heterocycles. The normalized spacial score (nSPS) is 15.5. The molecule has 2 amide bonds. The smallest absolute Gasteiger partial charge is 0.234 e. The molecule has 0 bridgehead atoms. The van der Waals surface area contributed by atoms with E-state index in [4.69, 9.17) is 5.73 Å². The summed E-state index contributed by atoms with van der Waals surface area (Å²) in [6.07, 6.45) is 0.428. The monoisotopic (exact) mass is 247 g/mol. The minimum absolute atomic E-state index is 0.0174. The van der Waals surface area contributed by atoms with Crippen LogP contribution < -0.4 is 16.0 Å². The van der Waals surface area contributed by atoms with Crippen LogP contribution in [0.3, 0.4) is 0 Å². The van der Waals surface area contributed by atoms with Crippen LogP contribution in [0.5, 0.6) is 0 Å². The molecule has 2 rings (SSSR count). The molecule has 1 aliphatic heterocycles. The van der Waals surface area contributed by atoms with Crippen LogP contribution in [0.15, 0.2) is 18.2 Å². The van der Waals surface area contributed by atoms with Crippen LogP contribution in [-0.4, -0.2) is 25.4 Å². The molecule has 0 aliphatic carbocycles. The van der Waals surface area contributed by atoms with Gasteiger partial charge in [-0.2, -0.15) is 0 Å². The van der Waals surface area contributed by atoms with Crippen molar-refractivity contribution in [3.63, 3.8) is 0 Å². The predicted octanol–water partition coefficient (Wildman–Crippen LogP) is 0.341. The van der Waals surface area contributed by atoms with Gasteiger partial charge in [0.05, 0.1) is 19.0 Å². The molecule has 0 saturated heterocycles. The molecule has 0 radical (unpaired) electrons. The minimum Gasteiger partial charge on any atom is -0.348 e. The van der Waals surface area contributed by atoms with Gasteiger partial charge in [-0.05, 0) is 24.1 Å². The Labute approximate surface area is 106 Å². The van der Waals surface area contributed by atoms with Gasteiger partial charge < -0.3 is 16.0 Å². The highest BCUT2D eigenvalue weighted by atomic mass is 16.2. The highest BCUT2D eigenvalue weighted by Crippen LogP contribution is 2.29. The van der Waals surface area contributed by atoms with Crippen LogP contribution >= 0.6 is 0 Å². The largest absolute Gasteiger partial charge is 0.348 e. The van der Waals surface area contributed by atoms with Gasteiger partial charge in [-0.15, -0.1) is 0 Å². The molecule has 3 N–H and O–H groups in total. The van der Waals surface area contributed by atoms with E-state index in [9.17, 15) is 9.59 Å². The summed E-state index contributed by atoms with van der Waals surface area (Å²) in [6.45, 7) is 1.88. The molecule has 1 aromatic carbocycles. The van der Waals surface area contributed by atoms with E-state index in [0.717, 1.165) is 16.8 Å². The number of rotatable bonds is 3. The van der Waals surface area contributed by atoms with Crippen molar-refractivity contribution in [1.82, 2.24) is 5.32 Å². The molecule has 0 saturated carbocycles. The van der Waals surface area contributed by atoms with Gasteiger partial charge in [0.2, 0.25) is 11.8 Å². The fraction of sp³-hybridized carbons (Fsp3) is 0.385. The fourth-order valence-corrected chi connectivity index (χ4v) is 2.14. The molecule has 1 unspecified atom stereocenters. The van der Waals surface area contributed by atoms with Crippen LogP contribution in [0.25, 0.3) is 0 Å². The van der Waals surface area contributed by atoms with E-state index >= 15 is 0 Å². The van der Waals surface area contributed by atoms with E-state index in [1.54, 1.807) is 11.9 Å². The number of nitrogens with zero attached hydrogens (tertiary/aromatic N) is 1. The standard InChI is InChI=1S/C13H17N3O2/c1-8(15-12(17)7-14)9-3-4-11-10(5-9)6-13(18)16(11)2/h3-5,8H,6-7,14H2,1-2H3,(H,15,17). The van der Waals surface area contributed by atoms with Crippen molar-refractivity contribution in [1.29, 1.82) is 0 Å². The molecular weight excluding hydrogens is 230 g/mol. The number of hydrogen-bond donors (Lipinski definition) is 2. The summed E-state index contributed by atoms with van der Waals surface area (Å²) in [5.41, 5.74) is 8.20. The molecule has 0 fully saturated rings. The average Bonchev–Trinajstić information content (AvgIpc) is 2.64. The zero-order valence-electron chi connectivity index (χ0n) is 10.6. The summed E-state index contributed by atoms with van der Waals surface area (Å²) in [6, 6.07) is 5.71. The van der Waals surface area contributed by atoms with Crippen LogP contribution in [0.1, 0.15) is 24.1 Å². The molecule has 5 heteroatoms. The van der Waals surface area contributed by atoms with Crippen molar-refractivity contribution in [3.8, 4) is 0 Å². The zero-order valence-corrected chi connectivity index (χ0v) is 10.6. The van der Waals surface area contributed by atoms with Gasteiger partial charge in [-0.25, -0.2) is 0 Å². The molecular formula is C13H17N3O2. The second-order valence-corrected chi connectivity index (χ2v) is 4.51. The van der Waals surface area contributed by atoms with Gasteiger partial charge in [-0.3, -0.25) is 9.59 Å². The molecule has 5 nitrogen and oxygen atoms in total. The third kappa shape index (κ3) is 2.22. The van der Waals surface area contributed by atoms with E-state index in [0.29, 0.717) is 6.42 Å². The Hall–Kier alpha value is -1.88. The number of likely N-dealkylation sites (N-methyl/N-ethyl adjacent to an activating group) is 1. The Kier molecular flexibility index (Phi) is 3.34. The van der Waals surface area contributed by atoms with Gasteiger partial charge in [0.1, 0.15) is 0 Å². The maximum absolute atomic E-state index is 11.6. The first-order valence-corrected chi connectivity index (χ1v) is 5.91. The topological polar surface area (TPSA) is 75.4 Å². The SMILES string of the molecule is CC(NC(=O)CN)c1ccc2c(c1)CC(=O)N2C. The molecule has 1 aliphatic rings. The predicted molar refractivity (Wildman–Crippen MR) is 69.2 cm³/mol. The van der Waals surface area contributed by atoms with Gasteiger partial charge in [-0.1, -0.05) is 12.1 Å². The third-order valence-electron chi connectivity index (χ3n) is 3.24. The van der Waals surface area contributed by atoms with Crippen molar-refractivity contribution < 1.29 is 9.59 Å². The Morgan fingerprint density at radius 2 is 2.28 bits per heavy atom. The highest BCUT2D eigenvalue weighted by Gasteiger charge is 2.24. The number of nitrogens with two attached hydrogens (primary N) is 1. The summed E-state index contributed by atoms with van der Waals surface area (Å²) in [7, 11) is 1.77. The summed E-state index contributed by atoms with van der Waals surface area (Å²) in [4.78, 5) is 24.5. The first-order valence-electron chi connectivity index (χ1n) is 5.91. The summed E-state index contributed by atoms with van der Waals surface area (Å²) in [5, 5.41) is 2.80. The van der Waals surface area contributed by atoms with Crippen LogP contribution in [-0.2, 0) is 16.0 Å². The third-order valence-corrected chi connectivity index (χ3v) is 3.24. The lowest BCUT2D eigenvalue weighted by molar-refractivity contribution is -0.120. The van der Waals surface area contributed by atoms with Gasteiger partial charge in [0.25, 0.3) is 0 Å². The number of fused-ring (bicyclic) bond motifs is 1. The number of anilines is 1. The Balaban J connectivity index is 2.20. The van der Waals surface area contributed by atoms with Crippen molar-refractivity contribution >= 4 is 17.5 Å². The second kappa shape index (κ2) is 4.78. The maximum Gasteiger partial charge on any atom is 0.234 e. The molecule has 0 aromatic heterocycles. The molecule has 1 aromatic rings. The van der Waals surface area contributed by atoms with Gasteiger partial charge in [0.15, 0.2) is 0 Å². The maximum atomic E-state index is 11.6. The van der Waals surface area contributed by atoms with Gasteiger partial charge >= 0.3 is 0 Å². The number of nitrogens with one attached hydrogen (secondary N) is 1. The average molecular weight is 247 g/mol. The second-order valence-electron chi connectivity index (χ2n) is 4.51. The Morgan fingerprint density at radius 1 is 1.56 bits per heavy atom. The number of amides is 2. The van der Waals surface area contributed by atoms with Crippen LogP contribution in [0.2, 0.25) is 0 Å². The number of hydrogen-bond acceptors (Lipinski definition) is 3. The number of carbonyl (C=O) groups excluding carboxylic acids is 2. The quantitative estimate of drug-likeness (QED) is 0.808. The first-order chi connectivity index (χ1) is 8.52. The zero-order chi connectivity index (χ0) is 13.3. The molecule has 0 spiro atoms. The van der Waals surface area contributed by atoms with Crippen molar-refractivity contribution in [2.45, 2.75) is 19.4 Å². The lowest BCUT2D eigenvalue weighted by atomic mass is 10.0. The lowest BCUT2D eigenvalue weighted by Gasteiger charge is -2.16. The van der Waals surface area contributed by atoms with E-state index in [1.807, 2.05) is 25.1 Å². The molecule has 96 valence electrons. The summed E-state index contributed by atoms with van der Waals surface area (Å²) < 4.78 is 0. The summed E-state index contributed by atoms with van der Waals surface area (Å²) >= 11 is 0. The van der Waals surface area contributed by atoms with E-state index in [2.05, 4.69) is 5.32 Å². The lowest BCUT2D eigenvalue weighted by Crippen LogP contribution is -2.32. The number of carbonyl (C=O) groups is 2. The summed E-state index contributed by atoms with van der Waals surface area (Å²) in [5.74, 6) is -0.0861. The first kappa shape index (κ1) is 12.6. The highest BCUT2D eigenvalue weighted by molar-refractivity contribution is 6.00. The van der Waals surface area contributed by atoms with Crippen LogP contribution in [0, 0.1) is 0 Å². The Morgan fingerprint density at radius 3 is 2.94 bits per heavy atom. The van der Waals surface area contributed by atoms with E-state index in [1.165, 1.54) is 0 Å². The molecule has 18 heavy (non-hydrogen) atoms. The minimum atomic E-state index is -0.184. The fourth-order valence-electron chi connectivity index (χ4n) is 2.14. The molecule has 1 atom stereocenters. The van der Waals surface area contributed by atoms with Crippen molar-refractivity contribution in [2.75, 3.05) is 18.5 Å². The van der Waals surface area contributed by atoms with Crippen molar-refractivity contribution in [3.05, 3.63) is 29.3 Å². The van der Waals surface area contributed by atoms with Crippen LogP contribution in [0.4, 0.5) is 5.69 Å². The number of benzene rings is 1. The van der Waals surface area contributed by atoms with Crippen molar-refractivity contribution in [2.24, 2.45) is 5.73 Å². The Bertz CT molecular complexity index is 499. The van der Waals surface area contributed by atoms with E-state index < -0.39 is 0 Å². The van der Waals surface area contributed by atoms with Gasteiger partial charge in [0, 0.05) is 12.7 Å².